The van der Waals surface area contributed by atoms with Crippen molar-refractivity contribution < 1.29 is 14.3 Å². The van der Waals surface area contributed by atoms with Gasteiger partial charge in [0.25, 0.3) is 0 Å². The maximum absolute atomic E-state index is 9.46. The van der Waals surface area contributed by atoms with Crippen molar-refractivity contribution in [3.8, 4) is 22.9 Å². The van der Waals surface area contributed by atoms with Gasteiger partial charge in [0.2, 0.25) is 0 Å². The number of hydrogen-bond acceptors (Lipinski definition) is 5. The second kappa shape index (κ2) is 5.80. The summed E-state index contributed by atoms with van der Waals surface area (Å²) in [6.45, 7) is 2.26. The van der Waals surface area contributed by atoms with Crippen LogP contribution in [-0.2, 0) is 6.61 Å². The summed E-state index contributed by atoms with van der Waals surface area (Å²) in [5.74, 6) is 1.29. The van der Waals surface area contributed by atoms with E-state index in [1.807, 2.05) is 31.2 Å². The molecule has 0 aliphatic rings. The molecule has 6 nitrogen and oxygen atoms in total. The lowest BCUT2D eigenvalue weighted by atomic mass is 10.2. The van der Waals surface area contributed by atoms with Crippen molar-refractivity contribution in [2.75, 3.05) is 6.61 Å². The van der Waals surface area contributed by atoms with Gasteiger partial charge in [-0.25, -0.2) is 4.68 Å². The fourth-order valence-electron chi connectivity index (χ4n) is 2.16. The lowest BCUT2D eigenvalue weighted by Gasteiger charge is -2.11. The Morgan fingerprint density at radius 1 is 1.24 bits per heavy atom. The fraction of sp³-hybridized carbons (Fsp3) is 0.200. The van der Waals surface area contributed by atoms with Gasteiger partial charge in [-0.2, -0.15) is 0 Å². The van der Waals surface area contributed by atoms with Gasteiger partial charge in [-0.15, -0.1) is 5.10 Å². The molecule has 2 aromatic heterocycles. The van der Waals surface area contributed by atoms with E-state index in [1.54, 1.807) is 23.1 Å². The smallest absolute Gasteiger partial charge is 0.154 e. The molecule has 0 aliphatic carbocycles. The summed E-state index contributed by atoms with van der Waals surface area (Å²) >= 11 is 0. The van der Waals surface area contributed by atoms with Gasteiger partial charge in [0, 0.05) is 0 Å². The molecule has 0 saturated heterocycles. The minimum absolute atomic E-state index is 0.215. The summed E-state index contributed by atoms with van der Waals surface area (Å²) < 4.78 is 12.7. The number of aliphatic hydroxyl groups excluding tert-OH is 1. The number of furan rings is 1. The number of aromatic nitrogens is 3. The van der Waals surface area contributed by atoms with Gasteiger partial charge >= 0.3 is 0 Å². The molecule has 2 heterocycles. The largest absolute Gasteiger partial charge is 0.492 e. The summed E-state index contributed by atoms with van der Waals surface area (Å²) in [7, 11) is 0. The van der Waals surface area contributed by atoms with Gasteiger partial charge in [-0.05, 0) is 31.2 Å². The van der Waals surface area contributed by atoms with Crippen molar-refractivity contribution in [1.29, 1.82) is 0 Å². The van der Waals surface area contributed by atoms with Gasteiger partial charge < -0.3 is 14.3 Å². The van der Waals surface area contributed by atoms with E-state index in [9.17, 15) is 5.11 Å². The van der Waals surface area contributed by atoms with Crippen LogP contribution < -0.4 is 4.74 Å². The average molecular weight is 285 g/mol. The molecular formula is C15H15N3O3. The third-order valence-electron chi connectivity index (χ3n) is 3.04. The van der Waals surface area contributed by atoms with Crippen LogP contribution in [0.5, 0.6) is 5.75 Å². The molecular weight excluding hydrogens is 270 g/mol. The van der Waals surface area contributed by atoms with Gasteiger partial charge in [0.05, 0.1) is 19.5 Å². The molecule has 0 spiro atoms. The normalized spacial score (nSPS) is 10.8. The lowest BCUT2D eigenvalue weighted by molar-refractivity contribution is 0.277. The number of para-hydroxylation sites is 2. The van der Waals surface area contributed by atoms with E-state index in [4.69, 9.17) is 9.15 Å². The monoisotopic (exact) mass is 285 g/mol. The molecule has 108 valence electrons. The zero-order valence-electron chi connectivity index (χ0n) is 11.6. The predicted octanol–water partition coefficient (Wildman–Crippen LogP) is 2.42. The Bertz CT molecular complexity index is 720. The highest BCUT2D eigenvalue weighted by Gasteiger charge is 2.19. The summed E-state index contributed by atoms with van der Waals surface area (Å²) in [5, 5.41) is 17.6. The Balaban J connectivity index is 2.18. The fourth-order valence-corrected chi connectivity index (χ4v) is 2.16. The molecule has 3 aromatic rings. The summed E-state index contributed by atoms with van der Waals surface area (Å²) in [4.78, 5) is 0. The van der Waals surface area contributed by atoms with Crippen LogP contribution in [0.3, 0.4) is 0 Å². The van der Waals surface area contributed by atoms with Crippen LogP contribution in [0.25, 0.3) is 17.1 Å². The Labute approximate surface area is 121 Å². The average Bonchev–Trinajstić information content (AvgIpc) is 3.16. The molecule has 1 aromatic carbocycles. The predicted molar refractivity (Wildman–Crippen MR) is 76.2 cm³/mol. The van der Waals surface area contributed by atoms with Crippen LogP contribution in [0.2, 0.25) is 0 Å². The highest BCUT2D eigenvalue weighted by Crippen LogP contribution is 2.30. The Kier molecular flexibility index (Phi) is 3.70. The maximum atomic E-state index is 9.46. The van der Waals surface area contributed by atoms with Crippen molar-refractivity contribution in [1.82, 2.24) is 15.0 Å². The molecule has 0 fully saturated rings. The first-order chi connectivity index (χ1) is 10.3. The Morgan fingerprint density at radius 3 is 2.81 bits per heavy atom. The number of aliphatic hydroxyl groups is 1. The van der Waals surface area contributed by atoms with Crippen LogP contribution in [0.1, 0.15) is 12.6 Å². The van der Waals surface area contributed by atoms with E-state index in [1.165, 1.54) is 0 Å². The highest BCUT2D eigenvalue weighted by atomic mass is 16.5. The molecule has 0 bridgehead atoms. The van der Waals surface area contributed by atoms with Crippen molar-refractivity contribution in [2.24, 2.45) is 0 Å². The first kappa shape index (κ1) is 13.4. The quantitative estimate of drug-likeness (QED) is 0.779. The Morgan fingerprint density at radius 2 is 2.10 bits per heavy atom. The summed E-state index contributed by atoms with van der Waals surface area (Å²) in [6.07, 6.45) is 1.57. The van der Waals surface area contributed by atoms with Crippen LogP contribution in [0.15, 0.2) is 47.1 Å². The second-order valence-corrected chi connectivity index (χ2v) is 4.33. The molecule has 0 aliphatic heterocycles. The molecule has 0 amide bonds. The lowest BCUT2D eigenvalue weighted by Crippen LogP contribution is -2.03. The van der Waals surface area contributed by atoms with Crippen molar-refractivity contribution in [3.63, 3.8) is 0 Å². The molecule has 3 rings (SSSR count). The first-order valence-corrected chi connectivity index (χ1v) is 6.66. The summed E-state index contributed by atoms with van der Waals surface area (Å²) in [5.41, 5.74) is 1.82. The molecule has 0 saturated carbocycles. The number of benzene rings is 1. The van der Waals surface area contributed by atoms with E-state index in [0.29, 0.717) is 29.5 Å². The molecule has 0 unspecified atom stereocenters. The zero-order valence-corrected chi connectivity index (χ0v) is 11.6. The highest BCUT2D eigenvalue weighted by molar-refractivity contribution is 5.60. The number of ether oxygens (including phenoxy) is 1. The number of rotatable bonds is 5. The molecule has 21 heavy (non-hydrogen) atoms. The van der Waals surface area contributed by atoms with E-state index >= 15 is 0 Å². The third kappa shape index (κ3) is 2.41. The van der Waals surface area contributed by atoms with Crippen molar-refractivity contribution in [2.45, 2.75) is 13.5 Å². The van der Waals surface area contributed by atoms with Crippen LogP contribution in [0.4, 0.5) is 0 Å². The van der Waals surface area contributed by atoms with Gasteiger partial charge in [-0.3, -0.25) is 0 Å². The van der Waals surface area contributed by atoms with Gasteiger partial charge in [-0.1, -0.05) is 17.3 Å². The molecule has 0 atom stereocenters. The topological polar surface area (TPSA) is 73.3 Å². The molecule has 6 heteroatoms. The second-order valence-electron chi connectivity index (χ2n) is 4.33. The van der Waals surface area contributed by atoms with Crippen LogP contribution >= 0.6 is 0 Å². The number of hydrogen-bond donors (Lipinski definition) is 1. The maximum Gasteiger partial charge on any atom is 0.154 e. The van der Waals surface area contributed by atoms with Gasteiger partial charge in [0.1, 0.15) is 22.8 Å². The van der Waals surface area contributed by atoms with E-state index < -0.39 is 0 Å². The van der Waals surface area contributed by atoms with E-state index in [0.717, 1.165) is 5.69 Å². The minimum atomic E-state index is -0.215. The van der Waals surface area contributed by atoms with E-state index in [-0.39, 0.29) is 6.61 Å². The Hall–Kier alpha value is -2.60. The standard InChI is InChI=1S/C15H15N3O3/c1-2-20-13-7-4-3-6-12(13)18-15(11(10-19)16-17-18)14-8-5-9-21-14/h3-9,19H,2,10H2,1H3. The van der Waals surface area contributed by atoms with Crippen LogP contribution in [0, 0.1) is 0 Å². The first-order valence-electron chi connectivity index (χ1n) is 6.66. The SMILES string of the molecule is CCOc1ccccc1-n1nnc(CO)c1-c1ccco1. The molecule has 1 N–H and O–H groups in total. The minimum Gasteiger partial charge on any atom is -0.492 e. The molecule has 0 radical (unpaired) electrons. The van der Waals surface area contributed by atoms with Gasteiger partial charge in [0.15, 0.2) is 5.76 Å². The third-order valence-corrected chi connectivity index (χ3v) is 3.04. The summed E-state index contributed by atoms with van der Waals surface area (Å²) in [6, 6.07) is 11.1. The van der Waals surface area contributed by atoms with E-state index in [2.05, 4.69) is 10.3 Å². The number of nitrogens with zero attached hydrogens (tertiary/aromatic N) is 3. The van der Waals surface area contributed by atoms with Crippen molar-refractivity contribution in [3.05, 3.63) is 48.4 Å². The van der Waals surface area contributed by atoms with Crippen molar-refractivity contribution >= 4 is 0 Å². The van der Waals surface area contributed by atoms with Crippen LogP contribution in [-0.4, -0.2) is 26.7 Å². The zero-order chi connectivity index (χ0) is 14.7.